The zero-order valence-corrected chi connectivity index (χ0v) is 15.2. The SMILES string of the molecule is CC(C)c1ccc(C(NC(=O)C2CC2)c2ccccc2NC(N)=O)cc1. The molecule has 1 aliphatic rings. The highest BCUT2D eigenvalue weighted by Gasteiger charge is 2.32. The van der Waals surface area contributed by atoms with Crippen molar-refractivity contribution in [2.75, 3.05) is 5.32 Å². The number of hydrogen-bond donors (Lipinski definition) is 3. The van der Waals surface area contributed by atoms with Crippen LogP contribution in [0.3, 0.4) is 0 Å². The van der Waals surface area contributed by atoms with Gasteiger partial charge in [0.05, 0.1) is 6.04 Å². The second-order valence-electron chi connectivity index (χ2n) is 7.11. The van der Waals surface area contributed by atoms with E-state index < -0.39 is 6.03 Å². The van der Waals surface area contributed by atoms with Gasteiger partial charge in [0.25, 0.3) is 0 Å². The summed E-state index contributed by atoms with van der Waals surface area (Å²) in [7, 11) is 0. The molecular formula is C21H25N3O2. The van der Waals surface area contributed by atoms with Gasteiger partial charge in [-0.15, -0.1) is 0 Å². The smallest absolute Gasteiger partial charge is 0.316 e. The van der Waals surface area contributed by atoms with Crippen molar-refractivity contribution in [3.8, 4) is 0 Å². The average molecular weight is 351 g/mol. The number of urea groups is 1. The summed E-state index contributed by atoms with van der Waals surface area (Å²) >= 11 is 0. The molecule has 0 spiro atoms. The molecule has 5 nitrogen and oxygen atoms in total. The highest BCUT2D eigenvalue weighted by Crippen LogP contribution is 2.33. The molecule has 4 N–H and O–H groups in total. The lowest BCUT2D eigenvalue weighted by molar-refractivity contribution is -0.122. The number of nitrogens with one attached hydrogen (secondary N) is 2. The maximum atomic E-state index is 12.4. The first-order valence-electron chi connectivity index (χ1n) is 9.01. The number of para-hydroxylation sites is 1. The molecule has 2 aromatic rings. The van der Waals surface area contributed by atoms with Gasteiger partial charge < -0.3 is 16.4 Å². The van der Waals surface area contributed by atoms with Crippen molar-refractivity contribution in [1.82, 2.24) is 5.32 Å². The summed E-state index contributed by atoms with van der Waals surface area (Å²) in [6, 6.07) is 14.7. The van der Waals surface area contributed by atoms with E-state index in [1.807, 2.05) is 30.3 Å². The van der Waals surface area contributed by atoms with Crippen molar-refractivity contribution in [1.29, 1.82) is 0 Å². The fraction of sp³-hybridized carbons (Fsp3) is 0.333. The number of nitrogens with two attached hydrogens (primary N) is 1. The van der Waals surface area contributed by atoms with Crippen LogP contribution in [0.2, 0.25) is 0 Å². The summed E-state index contributed by atoms with van der Waals surface area (Å²) in [4.78, 5) is 23.8. The predicted octanol–water partition coefficient (Wildman–Crippen LogP) is 3.92. The largest absolute Gasteiger partial charge is 0.351 e. The molecule has 0 bridgehead atoms. The quantitative estimate of drug-likeness (QED) is 0.737. The van der Waals surface area contributed by atoms with E-state index in [0.29, 0.717) is 11.6 Å². The highest BCUT2D eigenvalue weighted by molar-refractivity contribution is 5.89. The van der Waals surface area contributed by atoms with Gasteiger partial charge in [0.1, 0.15) is 0 Å². The Labute approximate surface area is 154 Å². The lowest BCUT2D eigenvalue weighted by Gasteiger charge is -2.23. The zero-order chi connectivity index (χ0) is 18.7. The average Bonchev–Trinajstić information content (AvgIpc) is 3.45. The Morgan fingerprint density at radius 3 is 2.19 bits per heavy atom. The molecule has 5 heteroatoms. The molecule has 1 saturated carbocycles. The van der Waals surface area contributed by atoms with Crippen LogP contribution in [-0.4, -0.2) is 11.9 Å². The minimum absolute atomic E-state index is 0.0526. The van der Waals surface area contributed by atoms with Gasteiger partial charge in [-0.25, -0.2) is 4.79 Å². The van der Waals surface area contributed by atoms with E-state index in [1.165, 1.54) is 5.56 Å². The van der Waals surface area contributed by atoms with Crippen LogP contribution >= 0.6 is 0 Å². The van der Waals surface area contributed by atoms with E-state index >= 15 is 0 Å². The zero-order valence-electron chi connectivity index (χ0n) is 15.2. The van der Waals surface area contributed by atoms with E-state index in [9.17, 15) is 9.59 Å². The van der Waals surface area contributed by atoms with Crippen molar-refractivity contribution >= 4 is 17.6 Å². The molecule has 0 aromatic heterocycles. The summed E-state index contributed by atoms with van der Waals surface area (Å²) in [5.74, 6) is 0.591. The Kier molecular flexibility index (Phi) is 5.26. The Hall–Kier alpha value is -2.82. The van der Waals surface area contributed by atoms with Gasteiger partial charge in [-0.1, -0.05) is 56.3 Å². The molecule has 1 unspecified atom stereocenters. The van der Waals surface area contributed by atoms with E-state index in [-0.39, 0.29) is 17.9 Å². The minimum Gasteiger partial charge on any atom is -0.351 e. The summed E-state index contributed by atoms with van der Waals surface area (Å²) in [5, 5.41) is 5.80. The Bertz CT molecular complexity index is 795. The van der Waals surface area contributed by atoms with Crippen LogP contribution in [0.5, 0.6) is 0 Å². The van der Waals surface area contributed by atoms with Crippen molar-refractivity contribution in [3.05, 3.63) is 65.2 Å². The molecule has 0 radical (unpaired) electrons. The lowest BCUT2D eigenvalue weighted by Crippen LogP contribution is -2.31. The molecular weight excluding hydrogens is 326 g/mol. The number of rotatable bonds is 6. The molecule has 1 atom stereocenters. The van der Waals surface area contributed by atoms with Crippen LogP contribution in [0.15, 0.2) is 48.5 Å². The summed E-state index contributed by atoms with van der Waals surface area (Å²) in [5.41, 5.74) is 8.94. The van der Waals surface area contributed by atoms with E-state index in [2.05, 4.69) is 36.6 Å². The van der Waals surface area contributed by atoms with Gasteiger partial charge in [-0.3, -0.25) is 4.79 Å². The Morgan fingerprint density at radius 2 is 1.62 bits per heavy atom. The van der Waals surface area contributed by atoms with Crippen molar-refractivity contribution in [2.45, 2.75) is 38.6 Å². The summed E-state index contributed by atoms with van der Waals surface area (Å²) in [6.45, 7) is 4.29. The van der Waals surface area contributed by atoms with Crippen LogP contribution in [0.25, 0.3) is 0 Å². The van der Waals surface area contributed by atoms with E-state index in [4.69, 9.17) is 5.73 Å². The number of anilines is 1. The van der Waals surface area contributed by atoms with Crippen LogP contribution in [0, 0.1) is 5.92 Å². The fourth-order valence-corrected chi connectivity index (χ4v) is 3.01. The fourth-order valence-electron chi connectivity index (χ4n) is 3.01. The maximum absolute atomic E-state index is 12.4. The maximum Gasteiger partial charge on any atom is 0.316 e. The minimum atomic E-state index is -0.625. The number of carbonyl (C=O) groups excluding carboxylic acids is 2. The van der Waals surface area contributed by atoms with Crippen LogP contribution in [0.1, 0.15) is 55.3 Å². The molecule has 0 heterocycles. The summed E-state index contributed by atoms with van der Waals surface area (Å²) < 4.78 is 0. The van der Waals surface area contributed by atoms with Gasteiger partial charge in [0.15, 0.2) is 0 Å². The topological polar surface area (TPSA) is 84.2 Å². The second kappa shape index (κ2) is 7.60. The molecule has 1 fully saturated rings. The Balaban J connectivity index is 1.98. The monoisotopic (exact) mass is 351 g/mol. The standard InChI is InChI=1S/C21H25N3O2/c1-13(2)14-7-9-15(10-8-14)19(24-20(25)16-11-12-16)17-5-3-4-6-18(17)23-21(22)26/h3-10,13,16,19H,11-12H2,1-2H3,(H,24,25)(H3,22,23,26). The molecule has 3 rings (SSSR count). The van der Waals surface area contributed by atoms with Crippen LogP contribution in [-0.2, 0) is 4.79 Å². The van der Waals surface area contributed by atoms with Crippen molar-refractivity contribution in [3.63, 3.8) is 0 Å². The lowest BCUT2D eigenvalue weighted by atomic mass is 9.94. The molecule has 0 aliphatic heterocycles. The molecule has 136 valence electrons. The van der Waals surface area contributed by atoms with Crippen molar-refractivity contribution < 1.29 is 9.59 Å². The Morgan fingerprint density at radius 1 is 1.00 bits per heavy atom. The first kappa shape index (κ1) is 18.0. The van der Waals surface area contributed by atoms with Gasteiger partial charge >= 0.3 is 6.03 Å². The van der Waals surface area contributed by atoms with Crippen LogP contribution < -0.4 is 16.4 Å². The first-order chi connectivity index (χ1) is 12.5. The van der Waals surface area contributed by atoms with Gasteiger partial charge in [-0.05, 0) is 36.0 Å². The number of hydrogen-bond acceptors (Lipinski definition) is 2. The predicted molar refractivity (Wildman–Crippen MR) is 103 cm³/mol. The first-order valence-corrected chi connectivity index (χ1v) is 9.01. The molecule has 3 amide bonds. The molecule has 1 aliphatic carbocycles. The second-order valence-corrected chi connectivity index (χ2v) is 7.11. The highest BCUT2D eigenvalue weighted by atomic mass is 16.2. The number of benzene rings is 2. The number of amides is 3. The third-order valence-corrected chi connectivity index (χ3v) is 4.70. The third kappa shape index (κ3) is 4.23. The van der Waals surface area contributed by atoms with E-state index in [1.54, 1.807) is 6.07 Å². The molecule has 0 saturated heterocycles. The van der Waals surface area contributed by atoms with Gasteiger partial charge in [0.2, 0.25) is 5.91 Å². The van der Waals surface area contributed by atoms with Crippen LogP contribution in [0.4, 0.5) is 10.5 Å². The van der Waals surface area contributed by atoms with Gasteiger partial charge in [0, 0.05) is 17.2 Å². The molecule has 26 heavy (non-hydrogen) atoms. The normalized spacial score (nSPS) is 14.7. The van der Waals surface area contributed by atoms with Crippen molar-refractivity contribution in [2.24, 2.45) is 11.7 Å². The molecule has 2 aromatic carbocycles. The number of carbonyl (C=O) groups is 2. The summed E-state index contributed by atoms with van der Waals surface area (Å²) in [6.07, 6.45) is 1.87. The number of primary amides is 1. The third-order valence-electron chi connectivity index (χ3n) is 4.70. The van der Waals surface area contributed by atoms with E-state index in [0.717, 1.165) is 24.0 Å². The van der Waals surface area contributed by atoms with Gasteiger partial charge in [-0.2, -0.15) is 0 Å².